The van der Waals surface area contributed by atoms with Crippen LogP contribution in [0.3, 0.4) is 0 Å². The van der Waals surface area contributed by atoms with Crippen molar-refractivity contribution < 1.29 is 9.53 Å². The van der Waals surface area contributed by atoms with E-state index in [9.17, 15) is 9.59 Å². The summed E-state index contributed by atoms with van der Waals surface area (Å²) in [6.07, 6.45) is 4.32. The van der Waals surface area contributed by atoms with Gasteiger partial charge < -0.3 is 4.74 Å². The van der Waals surface area contributed by atoms with E-state index in [1.807, 2.05) is 0 Å². The minimum absolute atomic E-state index is 0.219. The Balaban J connectivity index is 2.00. The fraction of sp³-hybridized carbons (Fsp3) is 0.0588. The summed E-state index contributed by atoms with van der Waals surface area (Å²) in [6.45, 7) is 0. The van der Waals surface area contributed by atoms with Gasteiger partial charge in [0.25, 0.3) is 5.56 Å². The van der Waals surface area contributed by atoms with Crippen molar-refractivity contribution in [2.24, 2.45) is 0 Å². The van der Waals surface area contributed by atoms with Gasteiger partial charge in [-0.3, -0.25) is 9.36 Å². The van der Waals surface area contributed by atoms with E-state index >= 15 is 0 Å². The number of halogens is 2. The standard InChI is InChI=1S/C17H10Cl2N4O3/c1-26-17(25)10-8-21-23-12-5-6-22(13-4-2-3-11(18)14(13)19)16(24)9(12)7-20-15(10)23/h2-8H,1H3. The zero-order valence-corrected chi connectivity index (χ0v) is 14.8. The SMILES string of the molecule is COC(=O)c1cnn2c1ncc1c(=O)n(-c3cccc(Cl)c3Cl)ccc12. The van der Waals surface area contributed by atoms with Crippen LogP contribution in [0.2, 0.25) is 10.0 Å². The van der Waals surface area contributed by atoms with Gasteiger partial charge in [-0.15, -0.1) is 0 Å². The maximum Gasteiger partial charge on any atom is 0.343 e. The topological polar surface area (TPSA) is 78.5 Å². The lowest BCUT2D eigenvalue weighted by atomic mass is 10.2. The highest BCUT2D eigenvalue weighted by molar-refractivity contribution is 6.43. The minimum Gasteiger partial charge on any atom is -0.465 e. The van der Waals surface area contributed by atoms with Crippen LogP contribution < -0.4 is 5.56 Å². The highest BCUT2D eigenvalue weighted by Gasteiger charge is 2.17. The second kappa shape index (κ2) is 6.12. The first-order valence-corrected chi connectivity index (χ1v) is 8.19. The maximum absolute atomic E-state index is 12.9. The Kier molecular flexibility index (Phi) is 3.90. The van der Waals surface area contributed by atoms with E-state index in [4.69, 9.17) is 27.9 Å². The van der Waals surface area contributed by atoms with Crippen molar-refractivity contribution in [1.82, 2.24) is 19.2 Å². The van der Waals surface area contributed by atoms with Crippen LogP contribution in [-0.4, -0.2) is 32.2 Å². The van der Waals surface area contributed by atoms with Crippen LogP contribution in [0.25, 0.3) is 22.2 Å². The Labute approximate surface area is 156 Å². The average Bonchev–Trinajstić information content (AvgIpc) is 3.08. The number of hydrogen-bond acceptors (Lipinski definition) is 5. The van der Waals surface area contributed by atoms with E-state index in [1.165, 1.54) is 28.6 Å². The molecule has 26 heavy (non-hydrogen) atoms. The third kappa shape index (κ3) is 2.36. The van der Waals surface area contributed by atoms with E-state index in [1.54, 1.807) is 30.5 Å². The van der Waals surface area contributed by atoms with Gasteiger partial charge in [-0.05, 0) is 18.2 Å². The first-order chi connectivity index (χ1) is 12.5. The van der Waals surface area contributed by atoms with Crippen molar-refractivity contribution >= 4 is 45.7 Å². The van der Waals surface area contributed by atoms with E-state index in [0.29, 0.717) is 27.3 Å². The second-order valence-corrected chi connectivity index (χ2v) is 6.19. The third-order valence-electron chi connectivity index (χ3n) is 3.99. The van der Waals surface area contributed by atoms with Gasteiger partial charge >= 0.3 is 5.97 Å². The van der Waals surface area contributed by atoms with Crippen molar-refractivity contribution in [2.45, 2.75) is 0 Å². The third-order valence-corrected chi connectivity index (χ3v) is 4.80. The molecule has 0 bridgehead atoms. The van der Waals surface area contributed by atoms with Gasteiger partial charge in [0.1, 0.15) is 5.56 Å². The number of aromatic nitrogens is 4. The molecule has 0 radical (unpaired) electrons. The minimum atomic E-state index is -0.550. The predicted octanol–water partition coefficient (Wildman–Crippen LogP) is 3.13. The lowest BCUT2D eigenvalue weighted by Crippen LogP contribution is -2.19. The Morgan fingerprint density at radius 1 is 1.19 bits per heavy atom. The number of pyridine rings is 1. The molecule has 0 saturated heterocycles. The van der Waals surface area contributed by atoms with Gasteiger partial charge in [0.05, 0.1) is 39.9 Å². The molecule has 0 unspecified atom stereocenters. The summed E-state index contributed by atoms with van der Waals surface area (Å²) in [7, 11) is 1.28. The molecule has 0 spiro atoms. The Morgan fingerprint density at radius 3 is 2.77 bits per heavy atom. The molecule has 7 nitrogen and oxygen atoms in total. The molecule has 0 aliphatic heterocycles. The summed E-state index contributed by atoms with van der Waals surface area (Å²) in [5.41, 5.74) is 1.15. The summed E-state index contributed by atoms with van der Waals surface area (Å²) < 4.78 is 7.52. The predicted molar refractivity (Wildman–Crippen MR) is 97.4 cm³/mol. The number of esters is 1. The largest absolute Gasteiger partial charge is 0.465 e. The Bertz CT molecular complexity index is 1250. The van der Waals surface area contributed by atoms with Gasteiger partial charge in [-0.2, -0.15) is 5.10 Å². The number of methoxy groups -OCH3 is 1. The molecular formula is C17H10Cl2N4O3. The molecule has 9 heteroatoms. The normalized spacial score (nSPS) is 11.2. The summed E-state index contributed by atoms with van der Waals surface area (Å²) >= 11 is 12.3. The first kappa shape index (κ1) is 16.6. The zero-order chi connectivity index (χ0) is 18.4. The van der Waals surface area contributed by atoms with Crippen LogP contribution in [0.5, 0.6) is 0 Å². The van der Waals surface area contributed by atoms with E-state index < -0.39 is 5.97 Å². The number of rotatable bonds is 2. The zero-order valence-electron chi connectivity index (χ0n) is 13.3. The number of nitrogens with zero attached hydrogens (tertiary/aromatic N) is 4. The number of hydrogen-bond donors (Lipinski definition) is 0. The van der Waals surface area contributed by atoms with Crippen molar-refractivity contribution in [3.8, 4) is 5.69 Å². The van der Waals surface area contributed by atoms with Crippen molar-refractivity contribution in [3.05, 3.63) is 68.8 Å². The highest BCUT2D eigenvalue weighted by Crippen LogP contribution is 2.28. The van der Waals surface area contributed by atoms with Gasteiger partial charge in [0, 0.05) is 12.4 Å². The number of benzene rings is 1. The van der Waals surface area contributed by atoms with Crippen LogP contribution in [0.15, 0.2) is 47.7 Å². The van der Waals surface area contributed by atoms with Crippen LogP contribution in [0.4, 0.5) is 0 Å². The molecule has 4 aromatic rings. The molecule has 0 aliphatic carbocycles. The van der Waals surface area contributed by atoms with Gasteiger partial charge in [0.2, 0.25) is 0 Å². The fourth-order valence-corrected chi connectivity index (χ4v) is 3.12. The van der Waals surface area contributed by atoms with Gasteiger partial charge in [0.15, 0.2) is 5.65 Å². The van der Waals surface area contributed by atoms with Crippen molar-refractivity contribution in [1.29, 1.82) is 0 Å². The molecule has 0 amide bonds. The molecule has 0 aliphatic rings. The number of carbonyl (C=O) groups is 1. The van der Waals surface area contributed by atoms with Crippen LogP contribution in [0, 0.1) is 0 Å². The van der Waals surface area contributed by atoms with Crippen LogP contribution in [0.1, 0.15) is 10.4 Å². The van der Waals surface area contributed by atoms with Gasteiger partial charge in [-0.25, -0.2) is 14.3 Å². The van der Waals surface area contributed by atoms with E-state index in [-0.39, 0.29) is 16.1 Å². The smallest absolute Gasteiger partial charge is 0.343 e. The molecular weight excluding hydrogens is 379 g/mol. The summed E-state index contributed by atoms with van der Waals surface area (Å²) in [4.78, 5) is 28.9. The molecule has 130 valence electrons. The van der Waals surface area contributed by atoms with Gasteiger partial charge in [-0.1, -0.05) is 29.3 Å². The van der Waals surface area contributed by atoms with Crippen molar-refractivity contribution in [3.63, 3.8) is 0 Å². The Hall–Kier alpha value is -2.90. The molecule has 3 aromatic heterocycles. The number of carbonyl (C=O) groups excluding carboxylic acids is 1. The number of fused-ring (bicyclic) bond motifs is 3. The molecule has 0 fully saturated rings. The highest BCUT2D eigenvalue weighted by atomic mass is 35.5. The van der Waals surface area contributed by atoms with E-state index in [2.05, 4.69) is 10.1 Å². The summed E-state index contributed by atoms with van der Waals surface area (Å²) in [6, 6.07) is 6.73. The summed E-state index contributed by atoms with van der Waals surface area (Å²) in [5.74, 6) is -0.550. The monoisotopic (exact) mass is 388 g/mol. The van der Waals surface area contributed by atoms with E-state index in [0.717, 1.165) is 0 Å². The molecule has 3 heterocycles. The van der Waals surface area contributed by atoms with Crippen LogP contribution in [-0.2, 0) is 4.74 Å². The lowest BCUT2D eigenvalue weighted by Gasteiger charge is -2.10. The molecule has 4 rings (SSSR count). The fourth-order valence-electron chi connectivity index (χ4n) is 2.74. The molecule has 0 atom stereocenters. The molecule has 0 N–H and O–H groups in total. The quantitative estimate of drug-likeness (QED) is 0.493. The molecule has 1 aromatic carbocycles. The Morgan fingerprint density at radius 2 is 2.00 bits per heavy atom. The van der Waals surface area contributed by atoms with Crippen molar-refractivity contribution in [2.75, 3.05) is 7.11 Å². The summed E-state index contributed by atoms with van der Waals surface area (Å²) in [5, 5.41) is 5.09. The molecule has 0 saturated carbocycles. The van der Waals surface area contributed by atoms with Crippen LogP contribution >= 0.6 is 23.2 Å². The lowest BCUT2D eigenvalue weighted by molar-refractivity contribution is 0.0602. The number of ether oxygens (including phenoxy) is 1. The first-order valence-electron chi connectivity index (χ1n) is 7.43. The second-order valence-electron chi connectivity index (χ2n) is 5.41. The average molecular weight is 389 g/mol. The maximum atomic E-state index is 12.9.